The van der Waals surface area contributed by atoms with Gasteiger partial charge in [-0.1, -0.05) is 19.8 Å². The van der Waals surface area contributed by atoms with E-state index in [4.69, 9.17) is 10.5 Å². The summed E-state index contributed by atoms with van der Waals surface area (Å²) >= 11 is 1.39. The van der Waals surface area contributed by atoms with Crippen molar-refractivity contribution in [1.29, 1.82) is 0 Å². The number of ether oxygens (including phenoxy) is 1. The van der Waals surface area contributed by atoms with Gasteiger partial charge in [0.1, 0.15) is 0 Å². The number of carbonyl (C=O) groups excluding carboxylic acids is 1. The van der Waals surface area contributed by atoms with Crippen molar-refractivity contribution in [1.82, 2.24) is 4.98 Å². The number of nitrogens with one attached hydrogen (secondary N) is 1. The molecule has 1 heterocycles. The zero-order valence-electron chi connectivity index (χ0n) is 11.8. The Labute approximate surface area is 136 Å². The summed E-state index contributed by atoms with van der Waals surface area (Å²) in [6.45, 7) is 4.96. The van der Waals surface area contributed by atoms with E-state index in [0.29, 0.717) is 24.0 Å². The van der Waals surface area contributed by atoms with E-state index < -0.39 is 0 Å². The predicted octanol–water partition coefficient (Wildman–Crippen LogP) is 3.09. The van der Waals surface area contributed by atoms with Gasteiger partial charge in [0, 0.05) is 18.0 Å². The Morgan fingerprint density at radius 1 is 1.50 bits per heavy atom. The zero-order valence-corrected chi connectivity index (χ0v) is 14.2. The maximum Gasteiger partial charge on any atom is 0.357 e. The summed E-state index contributed by atoms with van der Waals surface area (Å²) in [6, 6.07) is 0.125. The molecule has 0 radical (unpaired) electrons. The number of nitrogens with zero attached hydrogens (tertiary/aromatic N) is 1. The van der Waals surface area contributed by atoms with Gasteiger partial charge in [-0.15, -0.1) is 36.2 Å². The lowest BCUT2D eigenvalue weighted by Crippen LogP contribution is -2.28. The summed E-state index contributed by atoms with van der Waals surface area (Å²) < 4.78 is 4.87. The Balaban J connectivity index is 0. The van der Waals surface area contributed by atoms with Crippen LogP contribution in [0.4, 0.5) is 5.13 Å². The summed E-state index contributed by atoms with van der Waals surface area (Å²) in [5, 5.41) is 5.55. The van der Waals surface area contributed by atoms with Crippen LogP contribution in [0.5, 0.6) is 0 Å². The van der Waals surface area contributed by atoms with Crippen LogP contribution in [-0.2, 0) is 4.74 Å². The predicted molar refractivity (Wildman–Crippen MR) is 88.6 cm³/mol. The smallest absolute Gasteiger partial charge is 0.357 e. The van der Waals surface area contributed by atoms with Crippen molar-refractivity contribution in [3.05, 3.63) is 11.1 Å². The molecule has 0 aliphatic rings. The lowest BCUT2D eigenvalue weighted by atomic mass is 10.1. The molecule has 118 valence electrons. The minimum Gasteiger partial charge on any atom is -0.461 e. The molecule has 20 heavy (non-hydrogen) atoms. The van der Waals surface area contributed by atoms with Crippen molar-refractivity contribution in [2.45, 2.75) is 39.2 Å². The molecule has 1 aromatic rings. The van der Waals surface area contributed by atoms with Crippen LogP contribution < -0.4 is 11.1 Å². The Kier molecular flexibility index (Phi) is 13.3. The van der Waals surface area contributed by atoms with Crippen LogP contribution in [0.25, 0.3) is 0 Å². The number of nitrogens with two attached hydrogens (primary N) is 1. The number of esters is 1. The molecule has 0 fully saturated rings. The second-order valence-electron chi connectivity index (χ2n) is 4.04. The van der Waals surface area contributed by atoms with E-state index in [0.717, 1.165) is 19.3 Å². The first kappa shape index (κ1) is 21.7. The van der Waals surface area contributed by atoms with Crippen LogP contribution in [0, 0.1) is 0 Å². The molecule has 1 rings (SSSR count). The molecule has 8 heteroatoms. The molecule has 1 aromatic heterocycles. The summed E-state index contributed by atoms with van der Waals surface area (Å²) in [6.07, 6.45) is 3.28. The minimum atomic E-state index is -0.378. The summed E-state index contributed by atoms with van der Waals surface area (Å²) in [7, 11) is 0. The van der Waals surface area contributed by atoms with E-state index in [9.17, 15) is 4.79 Å². The topological polar surface area (TPSA) is 77.2 Å². The van der Waals surface area contributed by atoms with Gasteiger partial charge in [0.05, 0.1) is 6.61 Å². The number of aromatic nitrogens is 1. The van der Waals surface area contributed by atoms with Gasteiger partial charge in [-0.3, -0.25) is 0 Å². The van der Waals surface area contributed by atoms with Gasteiger partial charge in [0.2, 0.25) is 0 Å². The number of unbranched alkanes of at least 4 members (excludes halogenated alkanes) is 1. The molecule has 0 saturated carbocycles. The lowest BCUT2D eigenvalue weighted by Gasteiger charge is -2.10. The molecule has 0 spiro atoms. The van der Waals surface area contributed by atoms with Crippen molar-refractivity contribution in [3.8, 4) is 0 Å². The van der Waals surface area contributed by atoms with Gasteiger partial charge >= 0.3 is 5.97 Å². The molecular formula is C12H23Cl2N3O2S. The molecule has 1 unspecified atom stereocenters. The molecule has 0 aliphatic carbocycles. The van der Waals surface area contributed by atoms with E-state index in [1.165, 1.54) is 11.3 Å². The van der Waals surface area contributed by atoms with Crippen LogP contribution in [0.1, 0.15) is 43.6 Å². The van der Waals surface area contributed by atoms with Crippen LogP contribution >= 0.6 is 36.2 Å². The van der Waals surface area contributed by atoms with E-state index >= 15 is 0 Å². The molecule has 0 amide bonds. The Hall–Kier alpha value is -0.560. The molecule has 0 aliphatic heterocycles. The summed E-state index contributed by atoms with van der Waals surface area (Å²) in [5.41, 5.74) is 6.30. The lowest BCUT2D eigenvalue weighted by molar-refractivity contribution is 0.0520. The number of anilines is 1. The van der Waals surface area contributed by atoms with Gasteiger partial charge in [-0.05, 0) is 13.3 Å². The first-order valence-electron chi connectivity index (χ1n) is 6.29. The molecule has 0 aromatic carbocycles. The third kappa shape index (κ3) is 7.89. The highest BCUT2D eigenvalue weighted by molar-refractivity contribution is 7.13. The van der Waals surface area contributed by atoms with Crippen molar-refractivity contribution in [2.24, 2.45) is 5.73 Å². The van der Waals surface area contributed by atoms with Crippen molar-refractivity contribution >= 4 is 47.3 Å². The van der Waals surface area contributed by atoms with Gasteiger partial charge < -0.3 is 15.8 Å². The van der Waals surface area contributed by atoms with Gasteiger partial charge in [0.15, 0.2) is 10.8 Å². The monoisotopic (exact) mass is 343 g/mol. The Morgan fingerprint density at radius 3 is 2.80 bits per heavy atom. The van der Waals surface area contributed by atoms with Crippen molar-refractivity contribution < 1.29 is 9.53 Å². The summed E-state index contributed by atoms with van der Waals surface area (Å²) in [4.78, 5) is 15.6. The summed E-state index contributed by atoms with van der Waals surface area (Å²) in [5.74, 6) is -0.378. The molecule has 0 bridgehead atoms. The average Bonchev–Trinajstić information content (AvgIpc) is 2.83. The number of hydrogen-bond acceptors (Lipinski definition) is 6. The van der Waals surface area contributed by atoms with E-state index in [1.54, 1.807) is 12.3 Å². The molecular weight excluding hydrogens is 321 g/mol. The number of hydrogen-bond donors (Lipinski definition) is 2. The zero-order chi connectivity index (χ0) is 13.4. The fourth-order valence-corrected chi connectivity index (χ4v) is 2.13. The largest absolute Gasteiger partial charge is 0.461 e. The highest BCUT2D eigenvalue weighted by Gasteiger charge is 2.11. The number of thiazole rings is 1. The number of rotatable bonds is 8. The maximum atomic E-state index is 11.4. The fraction of sp³-hybridized carbons (Fsp3) is 0.667. The van der Waals surface area contributed by atoms with E-state index in [1.807, 2.05) is 0 Å². The quantitative estimate of drug-likeness (QED) is 0.709. The van der Waals surface area contributed by atoms with Crippen LogP contribution in [0.3, 0.4) is 0 Å². The maximum absolute atomic E-state index is 11.4. The highest BCUT2D eigenvalue weighted by Crippen LogP contribution is 2.16. The van der Waals surface area contributed by atoms with Crippen LogP contribution in [0.2, 0.25) is 0 Å². The average molecular weight is 344 g/mol. The normalized spacial score (nSPS) is 10.9. The molecule has 3 N–H and O–H groups in total. The van der Waals surface area contributed by atoms with Gasteiger partial charge in [-0.25, -0.2) is 9.78 Å². The third-order valence-corrected chi connectivity index (χ3v) is 3.23. The Morgan fingerprint density at radius 2 is 2.20 bits per heavy atom. The second kappa shape index (κ2) is 12.2. The molecule has 0 saturated heterocycles. The van der Waals surface area contributed by atoms with Crippen molar-refractivity contribution in [2.75, 3.05) is 18.5 Å². The van der Waals surface area contributed by atoms with Crippen molar-refractivity contribution in [3.63, 3.8) is 0 Å². The molecule has 1 atom stereocenters. The standard InChI is InChI=1S/C12H21N3O2S.2ClH/c1-3-5-6-9(13)7-14-12-15-10(8-18-12)11(16)17-4-2;;/h8-9H,3-7,13H2,1-2H3,(H,14,15);2*1H. The van der Waals surface area contributed by atoms with Crippen LogP contribution in [-0.4, -0.2) is 30.1 Å². The Bertz CT molecular complexity index is 377. The minimum absolute atomic E-state index is 0. The van der Waals surface area contributed by atoms with Crippen LogP contribution in [0.15, 0.2) is 5.38 Å². The first-order valence-corrected chi connectivity index (χ1v) is 7.17. The highest BCUT2D eigenvalue weighted by atomic mass is 35.5. The van der Waals surface area contributed by atoms with Gasteiger partial charge in [0.25, 0.3) is 0 Å². The SMILES string of the molecule is CCCCC(N)CNc1nc(C(=O)OCC)cs1.Cl.Cl. The fourth-order valence-electron chi connectivity index (χ4n) is 1.44. The number of halogens is 2. The molecule has 5 nitrogen and oxygen atoms in total. The number of carbonyl (C=O) groups is 1. The first-order chi connectivity index (χ1) is 8.67. The van der Waals surface area contributed by atoms with Gasteiger partial charge in [-0.2, -0.15) is 0 Å². The van der Waals surface area contributed by atoms with E-state index in [2.05, 4.69) is 17.2 Å². The van der Waals surface area contributed by atoms with E-state index in [-0.39, 0.29) is 36.8 Å². The third-order valence-electron chi connectivity index (χ3n) is 2.43. The second-order valence-corrected chi connectivity index (χ2v) is 4.90.